The van der Waals surface area contributed by atoms with Gasteiger partial charge < -0.3 is 15.0 Å². The minimum Gasteiger partial charge on any atom is -0.497 e. The minimum atomic E-state index is -0.215. The number of aliphatic imine (C=N–C) groups is 1. The van der Waals surface area contributed by atoms with Gasteiger partial charge in [0.2, 0.25) is 11.8 Å². The van der Waals surface area contributed by atoms with Crippen molar-refractivity contribution in [2.75, 3.05) is 18.6 Å². The summed E-state index contributed by atoms with van der Waals surface area (Å²) in [5.41, 5.74) is 5.65. The van der Waals surface area contributed by atoms with E-state index in [1.807, 2.05) is 50.2 Å². The number of aryl methyl sites for hydroxylation is 2. The lowest BCUT2D eigenvalue weighted by atomic mass is 10.0. The topological polar surface area (TPSA) is 71.0 Å². The highest BCUT2D eigenvalue weighted by Crippen LogP contribution is 2.39. The van der Waals surface area contributed by atoms with Crippen LogP contribution in [0.25, 0.3) is 0 Å². The Bertz CT molecular complexity index is 1010. The Labute approximate surface area is 176 Å². The van der Waals surface area contributed by atoms with Gasteiger partial charge in [-0.1, -0.05) is 12.1 Å². The molecule has 1 aliphatic carbocycles. The summed E-state index contributed by atoms with van der Waals surface area (Å²) in [4.78, 5) is 32.5. The summed E-state index contributed by atoms with van der Waals surface area (Å²) >= 11 is 0. The first-order valence-corrected chi connectivity index (χ1v) is 10.4. The molecule has 2 amide bonds. The monoisotopic (exact) mass is 405 g/mol. The van der Waals surface area contributed by atoms with Crippen LogP contribution < -0.4 is 15.0 Å². The van der Waals surface area contributed by atoms with Crippen LogP contribution in [0, 0.1) is 19.8 Å². The molecule has 2 aromatic rings. The molecular weight excluding hydrogens is 378 g/mol. The molecule has 1 atom stereocenters. The fourth-order valence-corrected chi connectivity index (χ4v) is 4.09. The largest absolute Gasteiger partial charge is 0.497 e. The molecule has 2 aliphatic rings. The number of anilines is 1. The lowest BCUT2D eigenvalue weighted by molar-refractivity contribution is -0.124. The first-order valence-electron chi connectivity index (χ1n) is 10.4. The van der Waals surface area contributed by atoms with Gasteiger partial charge in [0.1, 0.15) is 12.3 Å². The van der Waals surface area contributed by atoms with Crippen LogP contribution in [0.4, 0.5) is 11.4 Å². The maximum Gasteiger partial charge on any atom is 0.240 e. The molecule has 30 heavy (non-hydrogen) atoms. The van der Waals surface area contributed by atoms with E-state index in [4.69, 9.17) is 9.73 Å². The highest BCUT2D eigenvalue weighted by Gasteiger charge is 2.37. The highest BCUT2D eigenvalue weighted by atomic mass is 16.5. The van der Waals surface area contributed by atoms with Crippen LogP contribution >= 0.6 is 0 Å². The van der Waals surface area contributed by atoms with Gasteiger partial charge in [0.15, 0.2) is 0 Å². The second-order valence-corrected chi connectivity index (χ2v) is 8.02. The van der Waals surface area contributed by atoms with Crippen LogP contribution in [0.2, 0.25) is 0 Å². The molecular formula is C24H27N3O3. The Morgan fingerprint density at radius 1 is 1.20 bits per heavy atom. The smallest absolute Gasteiger partial charge is 0.240 e. The Morgan fingerprint density at radius 3 is 2.67 bits per heavy atom. The van der Waals surface area contributed by atoms with Crippen molar-refractivity contribution in [3.63, 3.8) is 0 Å². The molecule has 6 heteroatoms. The van der Waals surface area contributed by atoms with Crippen LogP contribution in [0.1, 0.15) is 36.0 Å². The maximum atomic E-state index is 13.3. The zero-order valence-corrected chi connectivity index (χ0v) is 17.7. The van der Waals surface area contributed by atoms with E-state index in [9.17, 15) is 9.59 Å². The molecule has 0 aromatic heterocycles. The summed E-state index contributed by atoms with van der Waals surface area (Å²) in [6.45, 7) is 4.45. The molecule has 4 rings (SSSR count). The van der Waals surface area contributed by atoms with Crippen molar-refractivity contribution >= 4 is 28.9 Å². The predicted molar refractivity (Wildman–Crippen MR) is 118 cm³/mol. The van der Waals surface area contributed by atoms with E-state index in [0.717, 1.165) is 58.8 Å². The van der Waals surface area contributed by atoms with E-state index >= 15 is 0 Å². The van der Waals surface area contributed by atoms with Crippen LogP contribution in [-0.4, -0.2) is 31.2 Å². The second-order valence-electron chi connectivity index (χ2n) is 8.02. The highest BCUT2D eigenvalue weighted by molar-refractivity contribution is 6.16. The molecule has 1 fully saturated rings. The third-order valence-electron chi connectivity index (χ3n) is 5.99. The van der Waals surface area contributed by atoms with Crippen LogP contribution in [0.5, 0.6) is 5.75 Å². The van der Waals surface area contributed by atoms with Gasteiger partial charge in [-0.25, -0.2) is 0 Å². The van der Waals surface area contributed by atoms with Crippen molar-refractivity contribution in [1.29, 1.82) is 0 Å². The molecule has 1 N–H and O–H groups in total. The van der Waals surface area contributed by atoms with E-state index < -0.39 is 0 Å². The molecule has 0 saturated heterocycles. The van der Waals surface area contributed by atoms with Crippen molar-refractivity contribution in [3.8, 4) is 5.75 Å². The number of rotatable bonds is 5. The third kappa shape index (κ3) is 3.95. The average Bonchev–Trinajstić information content (AvgIpc) is 3.17. The predicted octanol–water partition coefficient (Wildman–Crippen LogP) is 3.85. The van der Waals surface area contributed by atoms with Crippen LogP contribution in [0.3, 0.4) is 0 Å². The summed E-state index contributed by atoms with van der Waals surface area (Å²) in [7, 11) is 1.62. The van der Waals surface area contributed by atoms with Gasteiger partial charge in [0.05, 0.1) is 24.4 Å². The molecule has 1 aliphatic heterocycles. The van der Waals surface area contributed by atoms with Gasteiger partial charge in [0.25, 0.3) is 0 Å². The number of carbonyl (C=O) groups is 2. The number of ether oxygens (including phenoxy) is 1. The first-order chi connectivity index (χ1) is 14.5. The van der Waals surface area contributed by atoms with Gasteiger partial charge in [-0.2, -0.15) is 0 Å². The fourth-order valence-electron chi connectivity index (χ4n) is 4.09. The van der Waals surface area contributed by atoms with Crippen molar-refractivity contribution in [1.82, 2.24) is 5.32 Å². The number of nitrogens with one attached hydrogen (secondary N) is 1. The standard InChI is InChI=1S/C24H27N3O3/c1-15-11-21-22(12-16(15)2)27(24(29)19-5-4-6-20(19)26-21)14-23(28)25-13-17-7-9-18(30-3)10-8-17/h7-12,19H,4-6,13-14H2,1-3H3,(H,25,28). The van der Waals surface area contributed by atoms with Gasteiger partial charge in [-0.15, -0.1) is 0 Å². The molecule has 1 saturated carbocycles. The SMILES string of the molecule is COc1ccc(CNC(=O)CN2C(=O)C3CCCC3=Nc3cc(C)c(C)cc32)cc1. The molecule has 156 valence electrons. The Morgan fingerprint density at radius 2 is 1.93 bits per heavy atom. The summed E-state index contributed by atoms with van der Waals surface area (Å²) in [6, 6.07) is 11.5. The first kappa shape index (κ1) is 20.1. The molecule has 0 bridgehead atoms. The molecule has 6 nitrogen and oxygen atoms in total. The summed E-state index contributed by atoms with van der Waals surface area (Å²) in [5, 5.41) is 2.93. The van der Waals surface area contributed by atoms with Gasteiger partial charge in [-0.05, 0) is 74.1 Å². The Balaban J connectivity index is 1.54. The lowest BCUT2D eigenvalue weighted by Gasteiger charge is -2.25. The average molecular weight is 405 g/mol. The molecule has 1 unspecified atom stereocenters. The molecule has 1 heterocycles. The maximum absolute atomic E-state index is 13.3. The summed E-state index contributed by atoms with van der Waals surface area (Å²) < 4.78 is 5.16. The molecule has 2 aromatic carbocycles. The van der Waals surface area contributed by atoms with Gasteiger partial charge in [0, 0.05) is 12.3 Å². The third-order valence-corrected chi connectivity index (χ3v) is 5.99. The van der Waals surface area contributed by atoms with E-state index in [2.05, 4.69) is 5.32 Å². The van der Waals surface area contributed by atoms with Crippen molar-refractivity contribution < 1.29 is 14.3 Å². The van der Waals surface area contributed by atoms with E-state index in [-0.39, 0.29) is 24.3 Å². The fraction of sp³-hybridized carbons (Fsp3) is 0.375. The summed E-state index contributed by atoms with van der Waals surface area (Å²) in [5.74, 6) is 0.347. The van der Waals surface area contributed by atoms with Crippen LogP contribution in [-0.2, 0) is 16.1 Å². The zero-order chi connectivity index (χ0) is 21.3. The molecule has 0 radical (unpaired) electrons. The van der Waals surface area contributed by atoms with Gasteiger partial charge >= 0.3 is 0 Å². The Hall–Kier alpha value is -3.15. The molecule has 0 spiro atoms. The number of nitrogens with zero attached hydrogens (tertiary/aromatic N) is 2. The minimum absolute atomic E-state index is 0.0101. The van der Waals surface area contributed by atoms with E-state index in [1.165, 1.54) is 0 Å². The number of hydrogen-bond donors (Lipinski definition) is 1. The Kier molecular flexibility index (Phi) is 5.57. The van der Waals surface area contributed by atoms with E-state index in [1.54, 1.807) is 12.0 Å². The number of benzene rings is 2. The lowest BCUT2D eigenvalue weighted by Crippen LogP contribution is -2.43. The second kappa shape index (κ2) is 8.30. The van der Waals surface area contributed by atoms with Crippen molar-refractivity contribution in [3.05, 3.63) is 53.1 Å². The normalized spacial score (nSPS) is 17.7. The van der Waals surface area contributed by atoms with Gasteiger partial charge in [-0.3, -0.25) is 14.6 Å². The van der Waals surface area contributed by atoms with Crippen molar-refractivity contribution in [2.45, 2.75) is 39.7 Å². The quantitative estimate of drug-likeness (QED) is 0.821. The zero-order valence-electron chi connectivity index (χ0n) is 17.7. The number of carbonyl (C=O) groups excluding carboxylic acids is 2. The number of hydrogen-bond acceptors (Lipinski definition) is 4. The van der Waals surface area contributed by atoms with Crippen LogP contribution in [0.15, 0.2) is 41.4 Å². The number of amides is 2. The number of fused-ring (bicyclic) bond motifs is 2. The van der Waals surface area contributed by atoms with E-state index in [0.29, 0.717) is 6.54 Å². The summed E-state index contributed by atoms with van der Waals surface area (Å²) in [6.07, 6.45) is 2.61. The number of methoxy groups -OCH3 is 1. The van der Waals surface area contributed by atoms with Crippen molar-refractivity contribution in [2.24, 2.45) is 10.9 Å².